The molecule has 2 N–H and O–H groups in total. The highest BCUT2D eigenvalue weighted by Gasteiger charge is 2.19. The summed E-state index contributed by atoms with van der Waals surface area (Å²) in [5.74, 6) is 0.228. The Balaban J connectivity index is 2.49. The van der Waals surface area contributed by atoms with E-state index < -0.39 is 10.0 Å². The summed E-state index contributed by atoms with van der Waals surface area (Å²) in [5, 5.41) is 2.74. The summed E-state index contributed by atoms with van der Waals surface area (Å²) in [6.07, 6.45) is 0.135. The molecule has 1 amide bonds. The van der Waals surface area contributed by atoms with Crippen LogP contribution in [-0.2, 0) is 14.8 Å². The van der Waals surface area contributed by atoms with E-state index in [1.165, 1.54) is 11.3 Å². The Hall–Kier alpha value is -0.440. The van der Waals surface area contributed by atoms with Crippen LogP contribution in [-0.4, -0.2) is 27.4 Å². The molecule has 1 heterocycles. The van der Waals surface area contributed by atoms with Gasteiger partial charge in [-0.15, -0.1) is 11.3 Å². The van der Waals surface area contributed by atoms with Crippen LogP contribution in [0.4, 0.5) is 0 Å². The van der Waals surface area contributed by atoms with E-state index in [9.17, 15) is 13.2 Å². The summed E-state index contributed by atoms with van der Waals surface area (Å²) < 4.78 is 27.3. The van der Waals surface area contributed by atoms with Gasteiger partial charge in [0.1, 0.15) is 0 Å². The molecule has 0 spiro atoms. The second-order valence-corrected chi connectivity index (χ2v) is 9.19. The Labute approximate surface area is 132 Å². The number of sulfonamides is 1. The van der Waals surface area contributed by atoms with Gasteiger partial charge in [-0.2, -0.15) is 0 Å². The summed E-state index contributed by atoms with van der Waals surface area (Å²) in [5.41, 5.74) is 0. The Morgan fingerprint density at radius 3 is 2.60 bits per heavy atom. The van der Waals surface area contributed by atoms with E-state index in [0.29, 0.717) is 17.3 Å². The SMILES string of the molecule is Cc1sc(Br)cc1S(=O)(=O)NCCC(=O)NCC(C)C. The molecule has 1 rings (SSSR count). The molecular weight excluding hydrogens is 364 g/mol. The van der Waals surface area contributed by atoms with Gasteiger partial charge < -0.3 is 5.32 Å². The van der Waals surface area contributed by atoms with Crippen molar-refractivity contribution >= 4 is 43.2 Å². The number of carbonyl (C=O) groups is 1. The molecule has 114 valence electrons. The van der Waals surface area contributed by atoms with Crippen molar-refractivity contribution in [1.82, 2.24) is 10.0 Å². The number of amides is 1. The number of hydrogen-bond acceptors (Lipinski definition) is 4. The quantitative estimate of drug-likeness (QED) is 0.759. The van der Waals surface area contributed by atoms with Gasteiger partial charge in [-0.25, -0.2) is 13.1 Å². The third kappa shape index (κ3) is 5.51. The van der Waals surface area contributed by atoms with Crippen LogP contribution < -0.4 is 10.0 Å². The van der Waals surface area contributed by atoms with Crippen molar-refractivity contribution in [2.45, 2.75) is 32.1 Å². The minimum atomic E-state index is -3.55. The number of nitrogens with one attached hydrogen (secondary N) is 2. The maximum atomic E-state index is 12.1. The van der Waals surface area contributed by atoms with Gasteiger partial charge >= 0.3 is 0 Å². The van der Waals surface area contributed by atoms with E-state index in [2.05, 4.69) is 26.0 Å². The van der Waals surface area contributed by atoms with E-state index in [-0.39, 0.29) is 23.8 Å². The average Bonchev–Trinajstić information content (AvgIpc) is 2.66. The maximum Gasteiger partial charge on any atom is 0.241 e. The number of halogens is 1. The topological polar surface area (TPSA) is 75.3 Å². The van der Waals surface area contributed by atoms with E-state index >= 15 is 0 Å². The van der Waals surface area contributed by atoms with Gasteiger partial charge in [0.15, 0.2) is 0 Å². The van der Waals surface area contributed by atoms with Crippen molar-refractivity contribution in [3.63, 3.8) is 0 Å². The summed E-state index contributed by atoms with van der Waals surface area (Å²) in [4.78, 5) is 12.5. The number of aryl methyl sites for hydroxylation is 1. The van der Waals surface area contributed by atoms with Crippen LogP contribution in [0.3, 0.4) is 0 Å². The predicted octanol–water partition coefficient (Wildman–Crippen LogP) is 2.26. The summed E-state index contributed by atoms with van der Waals surface area (Å²) in [6.45, 7) is 6.45. The van der Waals surface area contributed by atoms with Gasteiger partial charge in [-0.1, -0.05) is 13.8 Å². The largest absolute Gasteiger partial charge is 0.356 e. The molecule has 0 aliphatic carbocycles. The Morgan fingerprint density at radius 2 is 2.10 bits per heavy atom. The van der Waals surface area contributed by atoms with E-state index in [4.69, 9.17) is 0 Å². The molecule has 0 bridgehead atoms. The highest BCUT2D eigenvalue weighted by molar-refractivity contribution is 9.11. The molecule has 0 aromatic carbocycles. The fourth-order valence-electron chi connectivity index (χ4n) is 1.48. The molecule has 1 aromatic rings. The van der Waals surface area contributed by atoms with Crippen molar-refractivity contribution in [3.05, 3.63) is 14.7 Å². The smallest absolute Gasteiger partial charge is 0.241 e. The van der Waals surface area contributed by atoms with Crippen LogP contribution in [0.2, 0.25) is 0 Å². The van der Waals surface area contributed by atoms with Crippen LogP contribution in [0, 0.1) is 12.8 Å². The Bertz CT molecular complexity index is 567. The molecule has 0 saturated carbocycles. The first kappa shape index (κ1) is 17.6. The zero-order chi connectivity index (χ0) is 15.3. The molecule has 0 saturated heterocycles. The lowest BCUT2D eigenvalue weighted by Crippen LogP contribution is -2.32. The van der Waals surface area contributed by atoms with Crippen molar-refractivity contribution in [2.75, 3.05) is 13.1 Å². The first-order chi connectivity index (χ1) is 9.22. The van der Waals surface area contributed by atoms with Gasteiger partial charge in [0.05, 0.1) is 8.68 Å². The predicted molar refractivity (Wildman–Crippen MR) is 84.4 cm³/mol. The first-order valence-electron chi connectivity index (χ1n) is 6.24. The lowest BCUT2D eigenvalue weighted by atomic mass is 10.2. The normalized spacial score (nSPS) is 11.8. The fourth-order valence-corrected chi connectivity index (χ4v) is 4.92. The standard InChI is InChI=1S/C12H19BrN2O3S2/c1-8(2)7-14-12(16)4-5-15-20(17,18)10-6-11(13)19-9(10)3/h6,8,15H,4-5,7H2,1-3H3,(H,14,16). The van der Waals surface area contributed by atoms with Crippen LogP contribution >= 0.6 is 27.3 Å². The van der Waals surface area contributed by atoms with Crippen molar-refractivity contribution in [1.29, 1.82) is 0 Å². The fraction of sp³-hybridized carbons (Fsp3) is 0.583. The molecule has 0 fully saturated rings. The number of hydrogen-bond donors (Lipinski definition) is 2. The third-order valence-corrected chi connectivity index (χ3v) is 5.75. The molecule has 0 radical (unpaired) electrons. The molecule has 5 nitrogen and oxygen atoms in total. The average molecular weight is 383 g/mol. The van der Waals surface area contributed by atoms with E-state index in [1.807, 2.05) is 13.8 Å². The van der Waals surface area contributed by atoms with Crippen LogP contribution in [0.15, 0.2) is 14.7 Å². The summed E-state index contributed by atoms with van der Waals surface area (Å²) >= 11 is 4.63. The van der Waals surface area contributed by atoms with Gasteiger partial charge in [-0.05, 0) is 34.8 Å². The zero-order valence-corrected chi connectivity index (χ0v) is 14.9. The molecule has 0 aliphatic rings. The van der Waals surface area contributed by atoms with Crippen LogP contribution in [0.1, 0.15) is 25.1 Å². The van der Waals surface area contributed by atoms with Gasteiger partial charge in [0, 0.05) is 24.4 Å². The van der Waals surface area contributed by atoms with Crippen molar-refractivity contribution in [2.24, 2.45) is 5.92 Å². The highest BCUT2D eigenvalue weighted by atomic mass is 79.9. The van der Waals surface area contributed by atoms with Crippen LogP contribution in [0.5, 0.6) is 0 Å². The minimum Gasteiger partial charge on any atom is -0.356 e. The monoisotopic (exact) mass is 382 g/mol. The van der Waals surface area contributed by atoms with Crippen LogP contribution in [0.25, 0.3) is 0 Å². The molecule has 0 atom stereocenters. The molecule has 20 heavy (non-hydrogen) atoms. The van der Waals surface area contributed by atoms with Crippen molar-refractivity contribution < 1.29 is 13.2 Å². The molecule has 1 aromatic heterocycles. The Morgan fingerprint density at radius 1 is 1.45 bits per heavy atom. The zero-order valence-electron chi connectivity index (χ0n) is 11.7. The number of carbonyl (C=O) groups excluding carboxylic acids is 1. The summed E-state index contributed by atoms with van der Waals surface area (Å²) in [7, 11) is -3.55. The van der Waals surface area contributed by atoms with Gasteiger partial charge in [-0.3, -0.25) is 4.79 Å². The molecular formula is C12H19BrN2O3S2. The molecule has 0 unspecified atom stereocenters. The minimum absolute atomic E-state index is 0.0964. The van der Waals surface area contributed by atoms with E-state index in [0.717, 1.165) is 3.79 Å². The second kappa shape index (κ2) is 7.53. The number of thiophene rings is 1. The Kier molecular flexibility index (Phi) is 6.63. The van der Waals surface area contributed by atoms with Crippen molar-refractivity contribution in [3.8, 4) is 0 Å². The highest BCUT2D eigenvalue weighted by Crippen LogP contribution is 2.29. The second-order valence-electron chi connectivity index (χ2n) is 4.82. The maximum absolute atomic E-state index is 12.1. The number of rotatable bonds is 7. The summed E-state index contributed by atoms with van der Waals surface area (Å²) in [6, 6.07) is 1.57. The first-order valence-corrected chi connectivity index (χ1v) is 9.34. The van der Waals surface area contributed by atoms with Gasteiger partial charge in [0.25, 0.3) is 0 Å². The van der Waals surface area contributed by atoms with Gasteiger partial charge in [0.2, 0.25) is 15.9 Å². The third-order valence-electron chi connectivity index (χ3n) is 2.48. The lowest BCUT2D eigenvalue weighted by Gasteiger charge is -2.08. The molecule has 8 heteroatoms. The lowest BCUT2D eigenvalue weighted by molar-refractivity contribution is -0.121. The van der Waals surface area contributed by atoms with E-state index in [1.54, 1.807) is 13.0 Å². The molecule has 0 aliphatic heterocycles.